The first-order valence-corrected chi connectivity index (χ1v) is 6.61. The van der Waals surface area contributed by atoms with E-state index in [0.29, 0.717) is 10.9 Å². The van der Waals surface area contributed by atoms with Gasteiger partial charge in [-0.05, 0) is 37.3 Å². The van der Waals surface area contributed by atoms with Crippen LogP contribution in [0.15, 0.2) is 12.3 Å². The molecule has 1 saturated carbocycles. The monoisotopic (exact) mass is 258 g/mol. The van der Waals surface area contributed by atoms with E-state index in [4.69, 9.17) is 23.2 Å². The molecule has 4 heteroatoms. The number of nitrogens with zero attached hydrogens (tertiary/aromatic N) is 2. The summed E-state index contributed by atoms with van der Waals surface area (Å²) in [6.07, 6.45) is 4.49. The molecule has 0 bridgehead atoms. The lowest BCUT2D eigenvalue weighted by Gasteiger charge is -2.22. The summed E-state index contributed by atoms with van der Waals surface area (Å²) in [6, 6.07) is 1.91. The molecule has 2 nitrogen and oxygen atoms in total. The highest BCUT2D eigenvalue weighted by atomic mass is 35.5. The average Bonchev–Trinajstić information content (AvgIpc) is 3.10. The Bertz CT molecular complexity index is 364. The van der Waals surface area contributed by atoms with E-state index in [0.717, 1.165) is 30.4 Å². The highest BCUT2D eigenvalue weighted by Crippen LogP contribution is 2.33. The maximum absolute atomic E-state index is 6.22. The Hall–Kier alpha value is -0.470. The van der Waals surface area contributed by atoms with Gasteiger partial charge < -0.3 is 4.90 Å². The zero-order valence-electron chi connectivity index (χ0n) is 9.42. The Morgan fingerprint density at radius 3 is 2.75 bits per heavy atom. The highest BCUT2D eigenvalue weighted by Gasteiger charge is 2.25. The predicted octanol–water partition coefficient (Wildman–Crippen LogP) is 3.71. The van der Waals surface area contributed by atoms with Gasteiger partial charge in [0.25, 0.3) is 0 Å². The summed E-state index contributed by atoms with van der Waals surface area (Å²) in [7, 11) is 0. The molecule has 0 spiro atoms. The smallest absolute Gasteiger partial charge is 0.147 e. The van der Waals surface area contributed by atoms with E-state index in [1.54, 1.807) is 0 Å². The maximum Gasteiger partial charge on any atom is 0.147 e. The van der Waals surface area contributed by atoms with Crippen molar-refractivity contribution >= 4 is 29.0 Å². The van der Waals surface area contributed by atoms with Gasteiger partial charge in [0.1, 0.15) is 5.82 Å². The van der Waals surface area contributed by atoms with E-state index >= 15 is 0 Å². The Morgan fingerprint density at radius 2 is 2.25 bits per heavy atom. The van der Waals surface area contributed by atoms with Gasteiger partial charge >= 0.3 is 0 Å². The molecular formula is C12H16Cl2N2. The Morgan fingerprint density at radius 1 is 1.50 bits per heavy atom. The molecule has 0 aliphatic heterocycles. The van der Waals surface area contributed by atoms with Gasteiger partial charge in [-0.25, -0.2) is 4.98 Å². The molecule has 88 valence electrons. The normalized spacial score (nSPS) is 15.2. The summed E-state index contributed by atoms with van der Waals surface area (Å²) in [4.78, 5) is 6.66. The first kappa shape index (κ1) is 12.0. The van der Waals surface area contributed by atoms with Gasteiger partial charge in [-0.3, -0.25) is 0 Å². The van der Waals surface area contributed by atoms with Crippen LogP contribution in [0.25, 0.3) is 0 Å². The van der Waals surface area contributed by atoms with Gasteiger partial charge in [-0.1, -0.05) is 11.6 Å². The maximum atomic E-state index is 6.22. The van der Waals surface area contributed by atoms with Crippen LogP contribution >= 0.6 is 23.2 Å². The van der Waals surface area contributed by atoms with E-state index in [2.05, 4.69) is 16.8 Å². The zero-order chi connectivity index (χ0) is 11.5. The first-order chi connectivity index (χ1) is 7.74. The van der Waals surface area contributed by atoms with Crippen molar-refractivity contribution in [3.63, 3.8) is 0 Å². The number of hydrogen-bond acceptors (Lipinski definition) is 2. The number of anilines is 1. The summed E-state index contributed by atoms with van der Waals surface area (Å²) in [5.74, 6) is 2.19. The van der Waals surface area contributed by atoms with E-state index < -0.39 is 0 Å². The second-order valence-corrected chi connectivity index (χ2v) is 4.94. The molecule has 0 aromatic carbocycles. The summed E-state index contributed by atoms with van der Waals surface area (Å²) < 4.78 is 0. The molecule has 2 rings (SSSR count). The Balaban J connectivity index is 2.15. The lowest BCUT2D eigenvalue weighted by molar-refractivity contribution is 0.732. The van der Waals surface area contributed by atoms with Gasteiger partial charge in [-0.2, -0.15) is 0 Å². The standard InChI is InChI=1S/C12H16Cl2N2/c1-2-16(8-9-3-4-9)12-11(14)5-10(6-13)7-15-12/h5,7,9H,2-4,6,8H2,1H3. The molecule has 0 atom stereocenters. The fraction of sp³-hybridized carbons (Fsp3) is 0.583. The average molecular weight is 259 g/mol. The minimum atomic E-state index is 0.460. The van der Waals surface area contributed by atoms with Crippen molar-refractivity contribution in [3.8, 4) is 0 Å². The van der Waals surface area contributed by atoms with Crippen molar-refractivity contribution in [2.75, 3.05) is 18.0 Å². The van der Waals surface area contributed by atoms with Crippen LogP contribution < -0.4 is 4.90 Å². The molecule has 0 saturated heterocycles. The lowest BCUT2D eigenvalue weighted by Crippen LogP contribution is -2.26. The molecular weight excluding hydrogens is 243 g/mol. The van der Waals surface area contributed by atoms with E-state index in [9.17, 15) is 0 Å². The minimum Gasteiger partial charge on any atom is -0.355 e. The molecule has 0 amide bonds. The Labute approximate surface area is 107 Å². The molecule has 1 fully saturated rings. The van der Waals surface area contributed by atoms with Gasteiger partial charge in [0.15, 0.2) is 0 Å². The number of pyridine rings is 1. The molecule has 1 aromatic rings. The van der Waals surface area contributed by atoms with Gasteiger partial charge in [0, 0.05) is 25.2 Å². The number of hydrogen-bond donors (Lipinski definition) is 0. The van der Waals surface area contributed by atoms with Crippen molar-refractivity contribution < 1.29 is 0 Å². The molecule has 0 unspecified atom stereocenters. The van der Waals surface area contributed by atoms with Crippen LogP contribution in [-0.2, 0) is 5.88 Å². The van der Waals surface area contributed by atoms with Crippen LogP contribution in [-0.4, -0.2) is 18.1 Å². The topological polar surface area (TPSA) is 16.1 Å². The SMILES string of the molecule is CCN(CC1CC1)c1ncc(CCl)cc1Cl. The third kappa shape index (κ3) is 2.80. The molecule has 1 heterocycles. The fourth-order valence-electron chi connectivity index (χ4n) is 1.75. The molecule has 1 aromatic heterocycles. The summed E-state index contributed by atoms with van der Waals surface area (Å²) in [5.41, 5.74) is 0.970. The number of aromatic nitrogens is 1. The largest absolute Gasteiger partial charge is 0.355 e. The zero-order valence-corrected chi connectivity index (χ0v) is 10.9. The van der Waals surface area contributed by atoms with Crippen LogP contribution in [0, 0.1) is 5.92 Å². The second kappa shape index (κ2) is 5.24. The van der Waals surface area contributed by atoms with E-state index in [-0.39, 0.29) is 0 Å². The van der Waals surface area contributed by atoms with Crippen LogP contribution in [0.5, 0.6) is 0 Å². The number of halogens is 2. The summed E-state index contributed by atoms with van der Waals surface area (Å²) >= 11 is 12.0. The van der Waals surface area contributed by atoms with Crippen molar-refractivity contribution in [2.24, 2.45) is 5.92 Å². The lowest BCUT2D eigenvalue weighted by atomic mass is 10.3. The molecule has 1 aliphatic carbocycles. The third-order valence-electron chi connectivity index (χ3n) is 2.89. The molecule has 0 N–H and O–H groups in total. The second-order valence-electron chi connectivity index (χ2n) is 4.26. The fourth-order valence-corrected chi connectivity index (χ4v) is 2.21. The van der Waals surface area contributed by atoms with Gasteiger partial charge in [0.05, 0.1) is 5.02 Å². The molecule has 16 heavy (non-hydrogen) atoms. The van der Waals surface area contributed by atoms with Gasteiger partial charge in [-0.15, -0.1) is 11.6 Å². The quantitative estimate of drug-likeness (QED) is 0.749. The van der Waals surface area contributed by atoms with E-state index in [1.165, 1.54) is 12.8 Å². The van der Waals surface area contributed by atoms with E-state index in [1.807, 2.05) is 12.3 Å². The van der Waals surface area contributed by atoms with Crippen LogP contribution in [0.3, 0.4) is 0 Å². The van der Waals surface area contributed by atoms with Crippen molar-refractivity contribution in [3.05, 3.63) is 22.8 Å². The molecule has 0 radical (unpaired) electrons. The van der Waals surface area contributed by atoms with Crippen molar-refractivity contribution in [1.29, 1.82) is 0 Å². The summed E-state index contributed by atoms with van der Waals surface area (Å²) in [6.45, 7) is 4.16. The highest BCUT2D eigenvalue weighted by molar-refractivity contribution is 6.33. The van der Waals surface area contributed by atoms with Crippen LogP contribution in [0.1, 0.15) is 25.3 Å². The molecule has 1 aliphatic rings. The summed E-state index contributed by atoms with van der Waals surface area (Å²) in [5, 5.41) is 0.709. The van der Waals surface area contributed by atoms with Gasteiger partial charge in [0.2, 0.25) is 0 Å². The van der Waals surface area contributed by atoms with Crippen molar-refractivity contribution in [2.45, 2.75) is 25.6 Å². The third-order valence-corrected chi connectivity index (χ3v) is 3.48. The van der Waals surface area contributed by atoms with Crippen molar-refractivity contribution in [1.82, 2.24) is 4.98 Å². The predicted molar refractivity (Wildman–Crippen MR) is 69.4 cm³/mol. The number of rotatable bonds is 5. The van der Waals surface area contributed by atoms with Crippen LogP contribution in [0.2, 0.25) is 5.02 Å². The minimum absolute atomic E-state index is 0.460. The Kier molecular flexibility index (Phi) is 3.93. The van der Waals surface area contributed by atoms with Crippen LogP contribution in [0.4, 0.5) is 5.82 Å². The number of alkyl halides is 1. The first-order valence-electron chi connectivity index (χ1n) is 5.70.